The molecule has 1 nitrogen and oxygen atoms in total. The van der Waals surface area contributed by atoms with Crippen LogP contribution in [0.25, 0.3) is 0 Å². The molecule has 0 amide bonds. The van der Waals surface area contributed by atoms with Crippen molar-refractivity contribution in [3.05, 3.63) is 14.4 Å². The molecule has 0 aromatic carbocycles. The Bertz CT molecular complexity index is 46.0. The van der Waals surface area contributed by atoms with Gasteiger partial charge in [0.05, 0.1) is 0 Å². The van der Waals surface area contributed by atoms with Crippen LogP contribution in [0.15, 0.2) is 0 Å². The summed E-state index contributed by atoms with van der Waals surface area (Å²) in [4.78, 5) is 0. The summed E-state index contributed by atoms with van der Waals surface area (Å²) in [5.41, 5.74) is 5.35. The molecular formula is C5H11NW. The Kier molecular flexibility index (Phi) is 4.29. The van der Waals surface area contributed by atoms with Gasteiger partial charge in [-0.3, -0.25) is 0 Å². The summed E-state index contributed by atoms with van der Waals surface area (Å²) in [7, 11) is 0. The van der Waals surface area contributed by atoms with Crippen LogP contribution in [0.3, 0.4) is 0 Å². The molecule has 0 atom stereocenters. The van der Waals surface area contributed by atoms with Crippen LogP contribution in [0.4, 0.5) is 0 Å². The van der Waals surface area contributed by atoms with Gasteiger partial charge in [-0.15, -0.1) is 5.54 Å². The van der Waals surface area contributed by atoms with Crippen LogP contribution in [0.2, 0.25) is 0 Å². The molecule has 1 fully saturated rings. The van der Waals surface area contributed by atoms with Crippen molar-refractivity contribution in [1.82, 2.24) is 0 Å². The maximum absolute atomic E-state index is 5.35. The molecule has 0 spiro atoms. The predicted molar refractivity (Wildman–Crippen MR) is 27.9 cm³/mol. The summed E-state index contributed by atoms with van der Waals surface area (Å²) >= 11 is 0. The Morgan fingerprint density at radius 1 is 1.43 bits per heavy atom. The van der Waals surface area contributed by atoms with Crippen molar-refractivity contribution < 1.29 is 21.1 Å². The molecule has 0 heterocycles. The van der Waals surface area contributed by atoms with Crippen molar-refractivity contribution in [3.8, 4) is 0 Å². The van der Waals surface area contributed by atoms with E-state index in [1.54, 1.807) is 0 Å². The maximum Gasteiger partial charge on any atom is 2.00 e. The molecule has 1 aliphatic carbocycles. The molecule has 1 rings (SSSR count). The van der Waals surface area contributed by atoms with Crippen LogP contribution in [0, 0.1) is 14.4 Å². The Morgan fingerprint density at radius 2 is 1.57 bits per heavy atom. The van der Waals surface area contributed by atoms with E-state index in [0.29, 0.717) is 0 Å². The second-order valence-corrected chi connectivity index (χ2v) is 1.86. The molecular weight excluding hydrogens is 258 g/mol. The number of hydrogen-bond acceptors (Lipinski definition) is 1. The molecule has 42 valence electrons. The standard InChI is InChI=1S/C4H8N.CH3.W/c1-4(5)2-3-4;;/h1-3,5H2;1H3;/q2*-1;+2. The topological polar surface area (TPSA) is 26.0 Å². The van der Waals surface area contributed by atoms with Gasteiger partial charge in [-0.1, -0.05) is 12.8 Å². The Morgan fingerprint density at radius 3 is 1.57 bits per heavy atom. The summed E-state index contributed by atoms with van der Waals surface area (Å²) in [5.74, 6) is 0. The molecule has 0 aromatic heterocycles. The normalized spacial score (nSPS) is 21.4. The molecule has 1 aliphatic rings. The van der Waals surface area contributed by atoms with E-state index in [0.717, 1.165) is 12.8 Å². The van der Waals surface area contributed by atoms with Gasteiger partial charge in [-0.05, 0) is 0 Å². The van der Waals surface area contributed by atoms with Crippen molar-refractivity contribution >= 4 is 0 Å². The minimum Gasteiger partial charge on any atom is -0.358 e. The van der Waals surface area contributed by atoms with Crippen LogP contribution < -0.4 is 5.73 Å². The first kappa shape index (κ1) is 10.6. The zero-order chi connectivity index (χ0) is 3.91. The number of rotatable bonds is 0. The molecule has 0 aromatic rings. The van der Waals surface area contributed by atoms with Crippen molar-refractivity contribution in [2.24, 2.45) is 5.73 Å². The second-order valence-electron chi connectivity index (χ2n) is 1.86. The molecule has 0 bridgehead atoms. The van der Waals surface area contributed by atoms with E-state index in [-0.39, 0.29) is 34.0 Å². The van der Waals surface area contributed by atoms with Crippen molar-refractivity contribution in [2.45, 2.75) is 18.4 Å². The van der Waals surface area contributed by atoms with Crippen molar-refractivity contribution in [1.29, 1.82) is 0 Å². The zero-order valence-electron chi connectivity index (χ0n) is 4.61. The van der Waals surface area contributed by atoms with Gasteiger partial charge < -0.3 is 20.1 Å². The minimum atomic E-state index is 0. The van der Waals surface area contributed by atoms with Gasteiger partial charge >= 0.3 is 21.1 Å². The van der Waals surface area contributed by atoms with E-state index in [9.17, 15) is 0 Å². The van der Waals surface area contributed by atoms with Crippen LogP contribution in [0.5, 0.6) is 0 Å². The van der Waals surface area contributed by atoms with Crippen molar-refractivity contribution in [2.75, 3.05) is 0 Å². The van der Waals surface area contributed by atoms with Crippen LogP contribution >= 0.6 is 0 Å². The third-order valence-electron chi connectivity index (χ3n) is 0.892. The van der Waals surface area contributed by atoms with E-state index in [4.69, 9.17) is 5.73 Å². The summed E-state index contributed by atoms with van der Waals surface area (Å²) in [5, 5.41) is 0. The summed E-state index contributed by atoms with van der Waals surface area (Å²) in [6.07, 6.45) is 2.24. The van der Waals surface area contributed by atoms with Gasteiger partial charge in [0.15, 0.2) is 0 Å². The molecule has 2 heteroatoms. The summed E-state index contributed by atoms with van der Waals surface area (Å²) in [6, 6.07) is 0. The fraction of sp³-hybridized carbons (Fsp3) is 0.600. The summed E-state index contributed by atoms with van der Waals surface area (Å²) in [6.45, 7) is 3.66. The van der Waals surface area contributed by atoms with Crippen LogP contribution in [-0.4, -0.2) is 5.54 Å². The van der Waals surface area contributed by atoms with E-state index < -0.39 is 0 Å². The van der Waals surface area contributed by atoms with Gasteiger partial charge in [-0.2, -0.15) is 0 Å². The molecule has 1 saturated carbocycles. The van der Waals surface area contributed by atoms with Gasteiger partial charge in [0, 0.05) is 0 Å². The minimum absolute atomic E-state index is 0. The SMILES string of the molecule is [CH2-]C1(N)CC1.[CH3-].[W+2]. The van der Waals surface area contributed by atoms with Crippen LogP contribution in [-0.2, 0) is 21.1 Å². The largest absolute Gasteiger partial charge is 2.00 e. The number of nitrogens with two attached hydrogens (primary N) is 1. The van der Waals surface area contributed by atoms with Gasteiger partial charge in [-0.25, -0.2) is 0 Å². The first-order chi connectivity index (χ1) is 2.21. The number of hydrogen-bond donors (Lipinski definition) is 1. The third kappa shape index (κ3) is 4.50. The molecule has 0 saturated heterocycles. The fourth-order valence-electron chi connectivity index (χ4n) is 0.161. The first-order valence-electron chi connectivity index (χ1n) is 1.85. The monoisotopic (exact) mass is 269 g/mol. The third-order valence-corrected chi connectivity index (χ3v) is 0.892. The molecule has 2 N–H and O–H groups in total. The van der Waals surface area contributed by atoms with Crippen molar-refractivity contribution in [3.63, 3.8) is 0 Å². The van der Waals surface area contributed by atoms with E-state index >= 15 is 0 Å². The van der Waals surface area contributed by atoms with E-state index in [2.05, 4.69) is 6.92 Å². The molecule has 0 aliphatic heterocycles. The smallest absolute Gasteiger partial charge is 0.358 e. The Balaban J connectivity index is 0. The maximum atomic E-state index is 5.35. The van der Waals surface area contributed by atoms with Gasteiger partial charge in [0.2, 0.25) is 0 Å². The fourth-order valence-corrected chi connectivity index (χ4v) is 0.161. The van der Waals surface area contributed by atoms with Gasteiger partial charge in [0.1, 0.15) is 0 Å². The Labute approximate surface area is 59.9 Å². The quantitative estimate of drug-likeness (QED) is 0.645. The predicted octanol–water partition coefficient (Wildman–Crippen LogP) is 0.760. The molecule has 7 heavy (non-hydrogen) atoms. The average Bonchev–Trinajstić information content (AvgIpc) is 1.76. The Hall–Kier alpha value is 0.648. The van der Waals surface area contributed by atoms with E-state index in [1.165, 1.54) is 0 Å². The molecule has 0 radical (unpaired) electrons. The average molecular weight is 269 g/mol. The first-order valence-corrected chi connectivity index (χ1v) is 1.85. The zero-order valence-corrected chi connectivity index (χ0v) is 7.54. The van der Waals surface area contributed by atoms with Gasteiger partial charge in [0.25, 0.3) is 0 Å². The summed E-state index contributed by atoms with van der Waals surface area (Å²) < 4.78 is 0. The van der Waals surface area contributed by atoms with Crippen LogP contribution in [0.1, 0.15) is 12.8 Å². The second kappa shape index (κ2) is 2.84. The van der Waals surface area contributed by atoms with E-state index in [1.807, 2.05) is 0 Å². The molecule has 0 unspecified atom stereocenters.